The normalized spacial score (nSPS) is 14.8. The van der Waals surface area contributed by atoms with Gasteiger partial charge in [-0.15, -0.1) is 0 Å². The summed E-state index contributed by atoms with van der Waals surface area (Å²) in [5, 5.41) is 61.6. The highest BCUT2D eigenvalue weighted by Crippen LogP contribution is 2.18. The summed E-state index contributed by atoms with van der Waals surface area (Å²) in [5.74, 6) is -13.6. The van der Waals surface area contributed by atoms with E-state index in [-0.39, 0.29) is 87.8 Å². The molecule has 0 aliphatic heterocycles. The van der Waals surface area contributed by atoms with E-state index in [0.29, 0.717) is 25.1 Å². The van der Waals surface area contributed by atoms with Crippen molar-refractivity contribution in [1.29, 1.82) is 0 Å². The standard InChI is InChI=1S/C55H96N14O18S/c1-8-30(4)47(69-49(82)35(13-11-20-60-55(58)59)63-50(83)37(24-45(57)79)64-48(81)33(18-21-88-7)23-44(78)34(61-32(6)75)12-9-10-19-56)54(87)68-41(28-73)53(86)67-40(27-72)52(85)66-39(26-71)51(84)65-38(25-70)43(77)16-17-46(80)62-36(22-29(2)3)42(76)15-14-31(5)74/h29-30,33-41,47,70-73H,8-28,56H2,1-7H3,(H2,57,79)(H,61,75)(H,62,80)(H,63,83)(H,64,81)(H,65,84)(H,66,85)(H,67,86)(H,68,87)(H,69,82)(H4,58,59,60). The number of nitrogens with one attached hydrogen (secondary N) is 9. The first kappa shape index (κ1) is 80.8. The number of hydrogen-bond donors (Lipinski definition) is 17. The molecule has 0 aromatic heterocycles. The smallest absolute Gasteiger partial charge is 0.245 e. The number of Topliss-reactive ketones (excluding diaryl/α,β-unsaturated/α-hetero) is 4. The van der Waals surface area contributed by atoms with Gasteiger partial charge in [0.2, 0.25) is 59.1 Å². The Morgan fingerprint density at radius 1 is 0.489 bits per heavy atom. The molecule has 11 unspecified atom stereocenters. The summed E-state index contributed by atoms with van der Waals surface area (Å²) in [6.45, 7) is 5.24. The average Bonchev–Trinajstić information content (AvgIpc) is 3.65. The Morgan fingerprint density at radius 2 is 0.966 bits per heavy atom. The second-order valence-corrected chi connectivity index (χ2v) is 22.6. The first-order valence-corrected chi connectivity index (χ1v) is 30.6. The number of amides is 10. The third-order valence-electron chi connectivity index (χ3n) is 13.7. The minimum atomic E-state index is -1.93. The number of guanidine groups is 1. The van der Waals surface area contributed by atoms with Crippen LogP contribution in [0.1, 0.15) is 131 Å². The van der Waals surface area contributed by atoms with Gasteiger partial charge in [0, 0.05) is 51.5 Å². The van der Waals surface area contributed by atoms with Gasteiger partial charge in [0.25, 0.3) is 0 Å². The predicted molar refractivity (Wildman–Crippen MR) is 322 cm³/mol. The lowest BCUT2D eigenvalue weighted by Crippen LogP contribution is -2.62. The van der Waals surface area contributed by atoms with Gasteiger partial charge in [-0.3, -0.25) is 67.3 Å². The van der Waals surface area contributed by atoms with E-state index in [9.17, 15) is 87.5 Å². The van der Waals surface area contributed by atoms with Crippen molar-refractivity contribution in [2.75, 3.05) is 51.5 Å². The van der Waals surface area contributed by atoms with Crippen LogP contribution in [-0.4, -0.2) is 214 Å². The van der Waals surface area contributed by atoms with Gasteiger partial charge in [-0.05, 0) is 82.3 Å². The van der Waals surface area contributed by atoms with E-state index >= 15 is 0 Å². The van der Waals surface area contributed by atoms with Crippen LogP contribution in [0.5, 0.6) is 0 Å². The Bertz CT molecular complexity index is 2380. The van der Waals surface area contributed by atoms with Gasteiger partial charge >= 0.3 is 0 Å². The van der Waals surface area contributed by atoms with E-state index in [1.807, 2.05) is 13.8 Å². The lowest BCUT2D eigenvalue weighted by molar-refractivity contribution is -0.137. The molecule has 500 valence electrons. The molecule has 0 bridgehead atoms. The summed E-state index contributed by atoms with van der Waals surface area (Å²) >= 11 is 1.37. The largest absolute Gasteiger partial charge is 0.394 e. The van der Waals surface area contributed by atoms with Crippen molar-refractivity contribution < 1.29 is 87.5 Å². The fourth-order valence-corrected chi connectivity index (χ4v) is 9.03. The van der Waals surface area contributed by atoms with Crippen LogP contribution >= 0.6 is 11.8 Å². The summed E-state index contributed by atoms with van der Waals surface area (Å²) < 4.78 is 0. The first-order chi connectivity index (χ1) is 41.4. The molecule has 0 spiro atoms. The van der Waals surface area contributed by atoms with Crippen LogP contribution in [0.15, 0.2) is 4.99 Å². The molecular formula is C55H96N14O18S. The van der Waals surface area contributed by atoms with E-state index in [1.165, 1.54) is 32.5 Å². The number of nitrogens with zero attached hydrogens (tertiary/aromatic N) is 1. The molecular weight excluding hydrogens is 1180 g/mol. The maximum Gasteiger partial charge on any atom is 0.245 e. The van der Waals surface area contributed by atoms with Crippen molar-refractivity contribution in [3.05, 3.63) is 0 Å². The van der Waals surface area contributed by atoms with Gasteiger partial charge in [-0.1, -0.05) is 34.1 Å². The number of unbranched alkanes of at least 4 members (excludes halogenated alkanes) is 1. The Kier molecular flexibility index (Phi) is 40.6. The van der Waals surface area contributed by atoms with Crippen LogP contribution in [-0.2, 0) is 67.1 Å². The number of hydrogen-bond acceptors (Lipinski definition) is 21. The van der Waals surface area contributed by atoms with E-state index < -0.39 is 183 Å². The summed E-state index contributed by atoms with van der Waals surface area (Å²) in [6, 6.07) is -14.0. The quantitative estimate of drug-likeness (QED) is 0.0153. The van der Waals surface area contributed by atoms with Crippen molar-refractivity contribution in [1.82, 2.24) is 47.9 Å². The molecule has 32 nitrogen and oxygen atoms in total. The molecule has 0 heterocycles. The van der Waals surface area contributed by atoms with Gasteiger partial charge in [0.1, 0.15) is 48.1 Å². The number of carbonyl (C=O) groups excluding carboxylic acids is 14. The van der Waals surface area contributed by atoms with Gasteiger partial charge in [0.05, 0.1) is 44.9 Å². The topological polar surface area (TPSA) is 545 Å². The van der Waals surface area contributed by atoms with Crippen molar-refractivity contribution in [2.24, 2.45) is 45.7 Å². The Morgan fingerprint density at radius 3 is 1.44 bits per heavy atom. The molecule has 0 aliphatic carbocycles. The van der Waals surface area contributed by atoms with E-state index in [0.717, 1.165) is 0 Å². The van der Waals surface area contributed by atoms with Crippen molar-refractivity contribution in [2.45, 2.75) is 186 Å². The maximum atomic E-state index is 14.2. The van der Waals surface area contributed by atoms with Crippen LogP contribution in [0.4, 0.5) is 0 Å². The number of primary amides is 1. The SMILES string of the molecule is CCC(C)C(NC(=O)C(CCCN=C(N)N)NC(=O)C(CC(N)=O)NC(=O)C(CCSC)CC(=O)C(CCCCN)NC(C)=O)C(=O)NC(CO)C(=O)NC(CO)C(=O)NC(CO)C(=O)NC(CO)C(=O)CCC(=O)NC(CC(C)C)C(=O)CCC(C)=O. The molecule has 0 radical (unpaired) electrons. The molecule has 0 aliphatic rings. The molecule has 0 saturated carbocycles. The van der Waals surface area contributed by atoms with Gasteiger partial charge in [0.15, 0.2) is 23.3 Å². The van der Waals surface area contributed by atoms with E-state index in [4.69, 9.17) is 22.9 Å². The fourth-order valence-electron chi connectivity index (χ4n) is 8.51. The number of aliphatic imine (C=N–C) groups is 1. The molecule has 10 amide bonds. The number of nitrogens with two attached hydrogens (primary N) is 4. The number of aliphatic hydroxyl groups excluding tert-OH is 4. The van der Waals surface area contributed by atoms with Gasteiger partial charge < -0.3 is 96.0 Å². The van der Waals surface area contributed by atoms with Crippen LogP contribution in [0, 0.1) is 17.8 Å². The summed E-state index contributed by atoms with van der Waals surface area (Å²) in [4.78, 5) is 188. The van der Waals surface area contributed by atoms with Crippen LogP contribution in [0.25, 0.3) is 0 Å². The predicted octanol–water partition coefficient (Wildman–Crippen LogP) is -5.90. The maximum absolute atomic E-state index is 14.2. The number of aliphatic hydroxyl groups is 4. The molecule has 88 heavy (non-hydrogen) atoms. The van der Waals surface area contributed by atoms with E-state index in [2.05, 4.69) is 52.8 Å². The Labute approximate surface area is 516 Å². The zero-order valence-electron chi connectivity index (χ0n) is 51.4. The molecule has 33 heteroatoms. The molecule has 0 saturated heterocycles. The van der Waals surface area contributed by atoms with Crippen molar-refractivity contribution in [3.63, 3.8) is 0 Å². The lowest BCUT2D eigenvalue weighted by Gasteiger charge is -2.29. The monoisotopic (exact) mass is 1270 g/mol. The molecule has 0 aromatic carbocycles. The molecule has 0 rings (SSSR count). The van der Waals surface area contributed by atoms with Crippen LogP contribution in [0.3, 0.4) is 0 Å². The highest BCUT2D eigenvalue weighted by molar-refractivity contribution is 7.98. The average molecular weight is 1270 g/mol. The van der Waals surface area contributed by atoms with E-state index in [1.54, 1.807) is 13.2 Å². The third-order valence-corrected chi connectivity index (χ3v) is 14.3. The van der Waals surface area contributed by atoms with Crippen molar-refractivity contribution in [3.8, 4) is 0 Å². The van der Waals surface area contributed by atoms with Crippen LogP contribution in [0.2, 0.25) is 0 Å². The minimum absolute atomic E-state index is 0.0195. The molecule has 0 aromatic rings. The Hall–Kier alpha value is -7.20. The number of rotatable bonds is 48. The van der Waals surface area contributed by atoms with Crippen LogP contribution < -0.4 is 70.8 Å². The number of ketones is 4. The number of thioether (sulfide) groups is 1. The highest BCUT2D eigenvalue weighted by atomic mass is 32.2. The first-order valence-electron chi connectivity index (χ1n) is 29.2. The number of carbonyl (C=O) groups is 14. The summed E-state index contributed by atoms with van der Waals surface area (Å²) in [5.41, 5.74) is 22.1. The molecule has 0 fully saturated rings. The third kappa shape index (κ3) is 32.7. The second kappa shape index (κ2) is 44.3. The minimum Gasteiger partial charge on any atom is -0.394 e. The summed E-state index contributed by atoms with van der Waals surface area (Å²) in [6.07, 6.45) is 1.24. The fraction of sp³-hybridized carbons (Fsp3) is 0.727. The summed E-state index contributed by atoms with van der Waals surface area (Å²) in [7, 11) is 0. The second-order valence-electron chi connectivity index (χ2n) is 21.7. The molecule has 11 atom stereocenters. The molecule has 21 N–H and O–H groups in total. The Balaban J connectivity index is 6.40. The highest BCUT2D eigenvalue weighted by Gasteiger charge is 2.37. The zero-order chi connectivity index (χ0) is 67.2. The van der Waals surface area contributed by atoms with Gasteiger partial charge in [-0.2, -0.15) is 11.8 Å². The lowest BCUT2D eigenvalue weighted by atomic mass is 9.92. The van der Waals surface area contributed by atoms with Crippen molar-refractivity contribution >= 4 is 99.9 Å². The van der Waals surface area contributed by atoms with Gasteiger partial charge in [-0.25, -0.2) is 0 Å². The zero-order valence-corrected chi connectivity index (χ0v) is 52.3.